The second-order valence-electron chi connectivity index (χ2n) is 7.68. The number of hydrogen-bond acceptors (Lipinski definition) is 2. The van der Waals surface area contributed by atoms with Crippen molar-refractivity contribution in [2.75, 3.05) is 6.61 Å². The first-order valence-corrected chi connectivity index (χ1v) is 8.92. The zero-order valence-electron chi connectivity index (χ0n) is 14.1. The molecule has 1 aliphatic carbocycles. The first-order valence-electron chi connectivity index (χ1n) is 8.92. The van der Waals surface area contributed by atoms with Crippen LogP contribution < -0.4 is 5.32 Å². The zero-order valence-corrected chi connectivity index (χ0v) is 14.1. The van der Waals surface area contributed by atoms with Gasteiger partial charge in [0.2, 0.25) is 0 Å². The van der Waals surface area contributed by atoms with E-state index in [1.54, 1.807) is 0 Å². The average Bonchev–Trinajstić information content (AvgIpc) is 2.48. The lowest BCUT2D eigenvalue weighted by atomic mass is 9.69. The Labute approximate surface area is 126 Å². The molecule has 2 aliphatic rings. The maximum atomic E-state index is 5.78. The Balaban J connectivity index is 1.74. The summed E-state index contributed by atoms with van der Waals surface area (Å²) in [6, 6.07) is 1.47. The fraction of sp³-hybridized carbons (Fsp3) is 1.00. The van der Waals surface area contributed by atoms with Crippen molar-refractivity contribution < 1.29 is 4.74 Å². The lowest BCUT2D eigenvalue weighted by molar-refractivity contribution is -0.00377. The van der Waals surface area contributed by atoms with Crippen molar-refractivity contribution in [1.29, 1.82) is 0 Å². The van der Waals surface area contributed by atoms with E-state index in [0.29, 0.717) is 17.6 Å². The second kappa shape index (κ2) is 7.26. The molecule has 2 unspecified atom stereocenters. The summed E-state index contributed by atoms with van der Waals surface area (Å²) in [6.07, 6.45) is 11.0. The van der Waals surface area contributed by atoms with Gasteiger partial charge in [-0.25, -0.2) is 0 Å². The monoisotopic (exact) mass is 281 g/mol. The van der Waals surface area contributed by atoms with Crippen molar-refractivity contribution in [3.8, 4) is 0 Å². The van der Waals surface area contributed by atoms with E-state index in [4.69, 9.17) is 4.74 Å². The molecule has 0 aromatic carbocycles. The average molecular weight is 281 g/mol. The quantitative estimate of drug-likeness (QED) is 0.799. The van der Waals surface area contributed by atoms with Gasteiger partial charge in [0.25, 0.3) is 0 Å². The van der Waals surface area contributed by atoms with Gasteiger partial charge < -0.3 is 10.1 Å². The highest BCUT2D eigenvalue weighted by molar-refractivity contribution is 4.87. The second-order valence-corrected chi connectivity index (χ2v) is 7.68. The number of nitrogens with one attached hydrogen (secondary N) is 1. The largest absolute Gasteiger partial charge is 0.378 e. The summed E-state index contributed by atoms with van der Waals surface area (Å²) in [5.41, 5.74) is 0.539. The first-order chi connectivity index (χ1) is 9.55. The van der Waals surface area contributed by atoms with Crippen LogP contribution in [0.2, 0.25) is 0 Å². The molecule has 2 atom stereocenters. The van der Waals surface area contributed by atoms with Crippen LogP contribution in [0.25, 0.3) is 0 Å². The van der Waals surface area contributed by atoms with E-state index in [0.717, 1.165) is 25.0 Å². The highest BCUT2D eigenvalue weighted by Gasteiger charge is 2.32. The highest BCUT2D eigenvalue weighted by atomic mass is 16.5. The normalized spacial score (nSPS) is 36.0. The van der Waals surface area contributed by atoms with Crippen molar-refractivity contribution in [2.24, 2.45) is 11.3 Å². The fourth-order valence-electron chi connectivity index (χ4n) is 3.98. The minimum absolute atomic E-state index is 0.497. The summed E-state index contributed by atoms with van der Waals surface area (Å²) < 4.78 is 5.78. The van der Waals surface area contributed by atoms with Gasteiger partial charge >= 0.3 is 0 Å². The summed E-state index contributed by atoms with van der Waals surface area (Å²) >= 11 is 0. The van der Waals surface area contributed by atoms with Gasteiger partial charge in [0.05, 0.1) is 6.10 Å². The minimum atomic E-state index is 0.497. The topological polar surface area (TPSA) is 21.3 Å². The summed E-state index contributed by atoms with van der Waals surface area (Å²) in [4.78, 5) is 0. The molecule has 0 bridgehead atoms. The maximum Gasteiger partial charge on any atom is 0.0587 e. The molecular formula is C18H35NO. The Bertz CT molecular complexity index is 281. The van der Waals surface area contributed by atoms with E-state index in [9.17, 15) is 0 Å². The van der Waals surface area contributed by atoms with E-state index < -0.39 is 0 Å². The molecule has 1 N–H and O–H groups in total. The molecule has 118 valence electrons. The van der Waals surface area contributed by atoms with Crippen molar-refractivity contribution in [3.05, 3.63) is 0 Å². The minimum Gasteiger partial charge on any atom is -0.378 e. The van der Waals surface area contributed by atoms with Crippen LogP contribution in [-0.4, -0.2) is 24.8 Å². The lowest BCUT2D eigenvalue weighted by Gasteiger charge is -2.41. The Morgan fingerprint density at radius 2 is 1.70 bits per heavy atom. The number of ether oxygens (including phenoxy) is 1. The molecule has 20 heavy (non-hydrogen) atoms. The SMILES string of the molecule is CCC1CC(NC2CCC(C(C)(C)CC)CC2)CCO1. The first kappa shape index (κ1) is 16.3. The highest BCUT2D eigenvalue weighted by Crippen LogP contribution is 2.40. The van der Waals surface area contributed by atoms with Crippen LogP contribution >= 0.6 is 0 Å². The van der Waals surface area contributed by atoms with E-state index in [1.165, 1.54) is 44.9 Å². The van der Waals surface area contributed by atoms with Crippen LogP contribution in [0.15, 0.2) is 0 Å². The van der Waals surface area contributed by atoms with Gasteiger partial charge in [0, 0.05) is 18.7 Å². The molecular weight excluding hydrogens is 246 g/mol. The molecule has 2 rings (SSSR count). The molecule has 1 aliphatic heterocycles. The van der Waals surface area contributed by atoms with Crippen LogP contribution in [0.1, 0.15) is 79.1 Å². The predicted octanol–water partition coefficient (Wildman–Crippen LogP) is 4.53. The molecule has 1 heterocycles. The molecule has 2 fully saturated rings. The van der Waals surface area contributed by atoms with E-state index in [1.807, 2.05) is 0 Å². The Hall–Kier alpha value is -0.0800. The third-order valence-electron chi connectivity index (χ3n) is 6.04. The Morgan fingerprint density at radius 1 is 1.00 bits per heavy atom. The van der Waals surface area contributed by atoms with E-state index in [2.05, 4.69) is 33.0 Å². The summed E-state index contributed by atoms with van der Waals surface area (Å²) in [5.74, 6) is 0.934. The summed E-state index contributed by atoms with van der Waals surface area (Å²) in [7, 11) is 0. The van der Waals surface area contributed by atoms with Gasteiger partial charge in [-0.1, -0.05) is 34.1 Å². The smallest absolute Gasteiger partial charge is 0.0587 e. The van der Waals surface area contributed by atoms with Gasteiger partial charge in [-0.15, -0.1) is 0 Å². The molecule has 0 aromatic rings. The van der Waals surface area contributed by atoms with Crippen LogP contribution in [0.4, 0.5) is 0 Å². The van der Waals surface area contributed by atoms with Crippen molar-refractivity contribution >= 4 is 0 Å². The Kier molecular flexibility index (Phi) is 5.92. The molecule has 0 aromatic heterocycles. The van der Waals surface area contributed by atoms with Gasteiger partial charge in [0.1, 0.15) is 0 Å². The molecule has 0 radical (unpaired) electrons. The fourth-order valence-corrected chi connectivity index (χ4v) is 3.98. The van der Waals surface area contributed by atoms with Crippen molar-refractivity contribution in [3.63, 3.8) is 0 Å². The summed E-state index contributed by atoms with van der Waals surface area (Å²) in [6.45, 7) is 10.4. The standard InChI is InChI=1S/C18H35NO/c1-5-17-13-16(11-12-20-17)19-15-9-7-14(8-10-15)18(3,4)6-2/h14-17,19H,5-13H2,1-4H3. The van der Waals surface area contributed by atoms with Crippen LogP contribution in [0.5, 0.6) is 0 Å². The van der Waals surface area contributed by atoms with Gasteiger partial charge in [-0.3, -0.25) is 0 Å². The molecule has 2 nitrogen and oxygen atoms in total. The Morgan fingerprint density at radius 3 is 2.30 bits per heavy atom. The van der Waals surface area contributed by atoms with Gasteiger partial charge in [-0.05, 0) is 56.3 Å². The summed E-state index contributed by atoms with van der Waals surface area (Å²) in [5, 5.41) is 3.93. The molecule has 1 saturated heterocycles. The van der Waals surface area contributed by atoms with E-state index >= 15 is 0 Å². The molecule has 1 saturated carbocycles. The van der Waals surface area contributed by atoms with Gasteiger partial charge in [0.15, 0.2) is 0 Å². The number of rotatable bonds is 5. The van der Waals surface area contributed by atoms with Crippen LogP contribution in [-0.2, 0) is 4.74 Å². The molecule has 0 spiro atoms. The van der Waals surface area contributed by atoms with Crippen molar-refractivity contribution in [2.45, 2.75) is 97.2 Å². The third-order valence-corrected chi connectivity index (χ3v) is 6.04. The van der Waals surface area contributed by atoms with Crippen LogP contribution in [0, 0.1) is 11.3 Å². The van der Waals surface area contributed by atoms with E-state index in [-0.39, 0.29) is 0 Å². The third kappa shape index (κ3) is 4.21. The maximum absolute atomic E-state index is 5.78. The molecule has 0 amide bonds. The van der Waals surface area contributed by atoms with Gasteiger partial charge in [-0.2, -0.15) is 0 Å². The molecule has 2 heteroatoms. The van der Waals surface area contributed by atoms with Crippen molar-refractivity contribution in [1.82, 2.24) is 5.32 Å². The number of hydrogen-bond donors (Lipinski definition) is 1. The lowest BCUT2D eigenvalue weighted by Crippen LogP contribution is -2.46. The zero-order chi connectivity index (χ0) is 14.6. The predicted molar refractivity (Wildman–Crippen MR) is 86.0 cm³/mol. The van der Waals surface area contributed by atoms with Crippen LogP contribution in [0.3, 0.4) is 0 Å².